The van der Waals surface area contributed by atoms with Gasteiger partial charge in [-0.1, -0.05) is 35.9 Å². The average Bonchev–Trinajstić information content (AvgIpc) is 3.39. The second-order valence-corrected chi connectivity index (χ2v) is 6.49. The summed E-state index contributed by atoms with van der Waals surface area (Å²) in [6.45, 7) is 0. The molecule has 0 unspecified atom stereocenters. The van der Waals surface area contributed by atoms with Crippen LogP contribution in [0.5, 0.6) is 0 Å². The largest absolute Gasteiger partial charge is 0.293 e. The number of benzene rings is 2. The van der Waals surface area contributed by atoms with Crippen molar-refractivity contribution in [2.45, 2.75) is 24.8 Å². The highest BCUT2D eigenvalue weighted by molar-refractivity contribution is 6.32. The molecule has 1 aliphatic heterocycles. The molecule has 2 aromatic carbocycles. The van der Waals surface area contributed by atoms with Gasteiger partial charge in [-0.15, -0.1) is 0 Å². The Morgan fingerprint density at radius 1 is 1.08 bits per heavy atom. The van der Waals surface area contributed by atoms with E-state index < -0.39 is 5.92 Å². The lowest BCUT2D eigenvalue weighted by molar-refractivity contribution is -0.118. The van der Waals surface area contributed by atoms with Crippen molar-refractivity contribution in [2.24, 2.45) is 4.99 Å². The highest BCUT2D eigenvalue weighted by atomic mass is 35.5. The van der Waals surface area contributed by atoms with E-state index in [-0.39, 0.29) is 11.8 Å². The minimum atomic E-state index is -0.543. The number of imide groups is 1. The Labute approximate surface area is 144 Å². The van der Waals surface area contributed by atoms with Crippen molar-refractivity contribution in [2.75, 3.05) is 4.90 Å². The molecular weight excluding hydrogens is 324 g/mol. The number of hydrogen-bond donors (Lipinski definition) is 0. The van der Waals surface area contributed by atoms with Crippen LogP contribution in [0.25, 0.3) is 0 Å². The third-order valence-corrected chi connectivity index (χ3v) is 4.51. The summed E-state index contributed by atoms with van der Waals surface area (Å²) in [6, 6.07) is 14.3. The van der Waals surface area contributed by atoms with E-state index in [1.165, 1.54) is 4.90 Å². The number of rotatable bonds is 3. The molecule has 120 valence electrons. The summed E-state index contributed by atoms with van der Waals surface area (Å²) in [5, 5.41) is 0.482. The maximum atomic E-state index is 13.0. The van der Waals surface area contributed by atoms with Crippen LogP contribution in [-0.4, -0.2) is 24.1 Å². The molecule has 5 heteroatoms. The molecule has 4 nitrogen and oxygen atoms in total. The van der Waals surface area contributed by atoms with E-state index >= 15 is 0 Å². The van der Waals surface area contributed by atoms with Gasteiger partial charge in [0.1, 0.15) is 0 Å². The first-order valence-corrected chi connectivity index (χ1v) is 8.29. The van der Waals surface area contributed by atoms with Gasteiger partial charge < -0.3 is 0 Å². The zero-order valence-corrected chi connectivity index (χ0v) is 13.6. The number of nitrogens with zero attached hydrogens (tertiary/aromatic N) is 2. The van der Waals surface area contributed by atoms with Gasteiger partial charge in [0.25, 0.3) is 5.91 Å². The van der Waals surface area contributed by atoms with E-state index in [0.717, 1.165) is 18.4 Å². The molecule has 0 saturated heterocycles. The van der Waals surface area contributed by atoms with Crippen LogP contribution in [0.15, 0.2) is 53.5 Å². The van der Waals surface area contributed by atoms with Crippen LogP contribution >= 0.6 is 11.6 Å². The van der Waals surface area contributed by atoms with Gasteiger partial charge >= 0.3 is 0 Å². The predicted molar refractivity (Wildman–Crippen MR) is 94.0 cm³/mol. The molecular formula is C19H15ClN2O2. The first-order chi connectivity index (χ1) is 11.6. The minimum Gasteiger partial charge on any atom is -0.293 e. The van der Waals surface area contributed by atoms with E-state index in [9.17, 15) is 9.59 Å². The maximum absolute atomic E-state index is 13.0. The second-order valence-electron chi connectivity index (χ2n) is 6.05. The number of carbonyl (C=O) groups is 2. The molecule has 1 fully saturated rings. The van der Waals surface area contributed by atoms with E-state index in [1.54, 1.807) is 42.6 Å². The van der Waals surface area contributed by atoms with Crippen LogP contribution in [-0.2, 0) is 4.79 Å². The second kappa shape index (κ2) is 5.87. The predicted octanol–water partition coefficient (Wildman–Crippen LogP) is 3.84. The molecule has 2 aliphatic rings. The molecule has 1 atom stereocenters. The highest BCUT2D eigenvalue weighted by Gasteiger charge is 2.39. The quantitative estimate of drug-likeness (QED) is 0.630. The number of carbonyl (C=O) groups excluding carboxylic acids is 2. The summed E-state index contributed by atoms with van der Waals surface area (Å²) in [5.74, 6) is -1.15. The Bertz CT molecular complexity index is 858. The standard InChI is InChI=1S/C19H15ClN2O2/c20-12-4-3-5-14(10-12)22-18(23)16-7-2-1-6-15(16)17(19(22)24)11-21-13-8-9-13/h1-7,10-11,13,17H,8-9H2/t17-/m1/s1. The van der Waals surface area contributed by atoms with Crippen LogP contribution in [0.2, 0.25) is 5.02 Å². The topological polar surface area (TPSA) is 49.7 Å². The monoisotopic (exact) mass is 338 g/mol. The van der Waals surface area contributed by atoms with E-state index in [2.05, 4.69) is 4.99 Å². The number of anilines is 1. The maximum Gasteiger partial charge on any atom is 0.265 e. The van der Waals surface area contributed by atoms with Gasteiger partial charge in [-0.05, 0) is 42.7 Å². The van der Waals surface area contributed by atoms with Crippen molar-refractivity contribution < 1.29 is 9.59 Å². The van der Waals surface area contributed by atoms with Gasteiger partial charge in [0, 0.05) is 22.8 Å². The third kappa shape index (κ3) is 2.63. The van der Waals surface area contributed by atoms with Gasteiger partial charge in [0.15, 0.2) is 0 Å². The van der Waals surface area contributed by atoms with Gasteiger partial charge in [0.2, 0.25) is 5.91 Å². The molecule has 24 heavy (non-hydrogen) atoms. The van der Waals surface area contributed by atoms with Crippen molar-refractivity contribution in [3.63, 3.8) is 0 Å². The van der Waals surface area contributed by atoms with Crippen molar-refractivity contribution in [3.8, 4) is 0 Å². The molecule has 4 rings (SSSR count). The van der Waals surface area contributed by atoms with Crippen LogP contribution in [0.3, 0.4) is 0 Å². The van der Waals surface area contributed by atoms with Gasteiger partial charge in [-0.2, -0.15) is 0 Å². The Balaban J connectivity index is 1.81. The molecule has 1 heterocycles. The molecule has 0 radical (unpaired) electrons. The van der Waals surface area contributed by atoms with Crippen LogP contribution in [0, 0.1) is 0 Å². The number of aliphatic imine (C=N–C) groups is 1. The Morgan fingerprint density at radius 2 is 1.88 bits per heavy atom. The molecule has 0 aromatic heterocycles. The van der Waals surface area contributed by atoms with Gasteiger partial charge in [0.05, 0.1) is 11.6 Å². The fourth-order valence-electron chi connectivity index (χ4n) is 2.89. The number of fused-ring (bicyclic) bond motifs is 1. The summed E-state index contributed by atoms with van der Waals surface area (Å²) in [6.07, 6.45) is 3.83. The first kappa shape index (κ1) is 15.1. The summed E-state index contributed by atoms with van der Waals surface area (Å²) in [5.41, 5.74) is 1.73. The van der Waals surface area contributed by atoms with E-state index in [1.807, 2.05) is 12.1 Å². The fraction of sp³-hybridized carbons (Fsp3) is 0.211. The normalized spacial score (nSPS) is 20.5. The van der Waals surface area contributed by atoms with E-state index in [0.29, 0.717) is 22.3 Å². The van der Waals surface area contributed by atoms with Crippen LogP contribution < -0.4 is 4.90 Å². The molecule has 0 spiro atoms. The minimum absolute atomic E-state index is 0.287. The van der Waals surface area contributed by atoms with Crippen molar-refractivity contribution in [1.29, 1.82) is 0 Å². The third-order valence-electron chi connectivity index (χ3n) is 4.28. The average molecular weight is 339 g/mol. The summed E-state index contributed by atoms with van der Waals surface area (Å²) < 4.78 is 0. The lowest BCUT2D eigenvalue weighted by atomic mass is 9.89. The Hall–Kier alpha value is -2.46. The summed E-state index contributed by atoms with van der Waals surface area (Å²) in [7, 11) is 0. The first-order valence-electron chi connectivity index (χ1n) is 7.91. The summed E-state index contributed by atoms with van der Waals surface area (Å²) >= 11 is 6.03. The molecule has 0 N–H and O–H groups in total. The van der Waals surface area contributed by atoms with Crippen molar-refractivity contribution in [3.05, 3.63) is 64.7 Å². The number of halogens is 1. The van der Waals surface area contributed by atoms with Crippen molar-refractivity contribution >= 4 is 35.3 Å². The van der Waals surface area contributed by atoms with E-state index in [4.69, 9.17) is 11.6 Å². The smallest absolute Gasteiger partial charge is 0.265 e. The summed E-state index contributed by atoms with van der Waals surface area (Å²) in [4.78, 5) is 31.5. The van der Waals surface area contributed by atoms with Crippen LogP contribution in [0.1, 0.15) is 34.7 Å². The zero-order chi connectivity index (χ0) is 16.7. The molecule has 0 bridgehead atoms. The lowest BCUT2D eigenvalue weighted by Gasteiger charge is -2.31. The van der Waals surface area contributed by atoms with Crippen molar-refractivity contribution in [1.82, 2.24) is 0 Å². The Morgan fingerprint density at radius 3 is 2.62 bits per heavy atom. The van der Waals surface area contributed by atoms with Gasteiger partial charge in [-0.25, -0.2) is 4.90 Å². The highest BCUT2D eigenvalue weighted by Crippen LogP contribution is 2.33. The fourth-order valence-corrected chi connectivity index (χ4v) is 3.08. The SMILES string of the molecule is O=C1c2ccccc2[C@@H](C=NC2CC2)C(=O)N1c1cccc(Cl)c1. The Kier molecular flexibility index (Phi) is 3.69. The molecule has 1 saturated carbocycles. The zero-order valence-electron chi connectivity index (χ0n) is 12.9. The molecule has 2 aromatic rings. The number of hydrogen-bond acceptors (Lipinski definition) is 3. The lowest BCUT2D eigenvalue weighted by Crippen LogP contribution is -2.45. The number of amides is 2. The van der Waals surface area contributed by atoms with Crippen LogP contribution in [0.4, 0.5) is 5.69 Å². The molecule has 2 amide bonds. The molecule has 1 aliphatic carbocycles. The van der Waals surface area contributed by atoms with Gasteiger partial charge in [-0.3, -0.25) is 14.6 Å².